The Kier molecular flexibility index (Phi) is 6.85. The summed E-state index contributed by atoms with van der Waals surface area (Å²) >= 11 is 5.67. The molecule has 2 aliphatic heterocycles. The third-order valence-corrected chi connectivity index (χ3v) is 6.71. The largest absolute Gasteiger partial charge is 0.360 e. The summed E-state index contributed by atoms with van der Waals surface area (Å²) in [5.41, 5.74) is 0.953. The fourth-order valence-corrected chi connectivity index (χ4v) is 4.55. The highest BCUT2D eigenvalue weighted by Gasteiger charge is 2.35. The van der Waals surface area contributed by atoms with Gasteiger partial charge >= 0.3 is 0 Å². The molecule has 30 heavy (non-hydrogen) atoms. The van der Waals surface area contributed by atoms with E-state index in [0.717, 1.165) is 62.7 Å². The molecule has 8 heteroatoms. The van der Waals surface area contributed by atoms with E-state index in [-0.39, 0.29) is 17.8 Å². The van der Waals surface area contributed by atoms with Crippen molar-refractivity contribution in [1.29, 1.82) is 0 Å². The molecule has 3 fully saturated rings. The van der Waals surface area contributed by atoms with E-state index in [9.17, 15) is 9.18 Å². The van der Waals surface area contributed by atoms with Crippen LogP contribution in [0.3, 0.4) is 0 Å². The van der Waals surface area contributed by atoms with Crippen LogP contribution in [-0.2, 0) is 11.3 Å². The van der Waals surface area contributed by atoms with E-state index in [4.69, 9.17) is 12.2 Å². The molecule has 1 unspecified atom stereocenters. The van der Waals surface area contributed by atoms with Crippen molar-refractivity contribution in [3.05, 3.63) is 35.6 Å². The summed E-state index contributed by atoms with van der Waals surface area (Å²) < 4.78 is 13.2. The number of nitrogens with one attached hydrogen (secondary N) is 1. The van der Waals surface area contributed by atoms with Gasteiger partial charge in [-0.2, -0.15) is 0 Å². The van der Waals surface area contributed by atoms with Crippen molar-refractivity contribution in [2.24, 2.45) is 0 Å². The molecule has 0 bridgehead atoms. The van der Waals surface area contributed by atoms with Gasteiger partial charge in [0.25, 0.3) is 0 Å². The lowest BCUT2D eigenvalue weighted by atomic mass is 10.1. The number of benzene rings is 1. The number of likely N-dealkylation sites (N-methyl/N-ethyl adjacent to an activating group) is 1. The average Bonchev–Trinajstić information content (AvgIpc) is 3.55. The first-order valence-electron chi connectivity index (χ1n) is 11.0. The maximum absolute atomic E-state index is 13.2. The van der Waals surface area contributed by atoms with Crippen molar-refractivity contribution in [3.63, 3.8) is 0 Å². The molecule has 1 aromatic carbocycles. The molecule has 0 radical (unpaired) electrons. The van der Waals surface area contributed by atoms with Gasteiger partial charge in [0.2, 0.25) is 5.91 Å². The Balaban J connectivity index is 1.40. The van der Waals surface area contributed by atoms with Gasteiger partial charge in [-0.1, -0.05) is 12.1 Å². The molecule has 1 amide bonds. The predicted molar refractivity (Wildman–Crippen MR) is 120 cm³/mol. The van der Waals surface area contributed by atoms with Crippen LogP contribution in [0.5, 0.6) is 0 Å². The molecule has 1 aromatic rings. The van der Waals surface area contributed by atoms with Crippen LogP contribution >= 0.6 is 12.2 Å². The molecule has 1 saturated carbocycles. The van der Waals surface area contributed by atoms with E-state index in [0.29, 0.717) is 25.7 Å². The number of nitrogens with zero attached hydrogens (tertiary/aromatic N) is 4. The minimum Gasteiger partial charge on any atom is -0.360 e. The molecular formula is C22H32FN5OS. The Morgan fingerprint density at radius 2 is 1.87 bits per heavy atom. The Bertz CT molecular complexity index is 748. The number of thiocarbonyl (C=S) groups is 1. The van der Waals surface area contributed by atoms with Gasteiger partial charge in [-0.3, -0.25) is 4.79 Å². The third kappa shape index (κ3) is 5.68. The zero-order valence-corrected chi connectivity index (χ0v) is 18.5. The lowest BCUT2D eigenvalue weighted by Gasteiger charge is -2.43. The van der Waals surface area contributed by atoms with E-state index in [1.165, 1.54) is 12.1 Å². The highest BCUT2D eigenvalue weighted by Crippen LogP contribution is 2.22. The minimum atomic E-state index is -0.253. The predicted octanol–water partition coefficient (Wildman–Crippen LogP) is 1.51. The summed E-state index contributed by atoms with van der Waals surface area (Å²) in [7, 11) is 2.17. The van der Waals surface area contributed by atoms with Gasteiger partial charge in [0.15, 0.2) is 5.11 Å². The van der Waals surface area contributed by atoms with Crippen LogP contribution in [0.4, 0.5) is 4.39 Å². The number of hydrogen-bond donors (Lipinski definition) is 1. The van der Waals surface area contributed by atoms with Gasteiger partial charge in [-0.15, -0.1) is 0 Å². The maximum Gasteiger partial charge on any atom is 0.242 e. The second-order valence-electron chi connectivity index (χ2n) is 8.84. The Hall–Kier alpha value is -1.77. The molecular weight excluding hydrogens is 401 g/mol. The van der Waals surface area contributed by atoms with Crippen LogP contribution in [0.1, 0.15) is 24.8 Å². The fraction of sp³-hybridized carbons (Fsp3) is 0.636. The molecule has 0 aromatic heterocycles. The van der Waals surface area contributed by atoms with Gasteiger partial charge < -0.3 is 24.9 Å². The summed E-state index contributed by atoms with van der Waals surface area (Å²) in [4.78, 5) is 21.8. The molecule has 1 N–H and O–H groups in total. The number of amides is 1. The third-order valence-electron chi connectivity index (χ3n) is 6.36. The SMILES string of the molecule is CN1CCN(CCC2CN(Cc3ccc(F)cc3)C(=O)CN2C(=S)NC2CC2)CC1. The molecule has 3 aliphatic rings. The van der Waals surface area contributed by atoms with Crippen molar-refractivity contribution in [1.82, 2.24) is 24.9 Å². The Morgan fingerprint density at radius 3 is 2.53 bits per heavy atom. The van der Waals surface area contributed by atoms with E-state index in [1.807, 2.05) is 4.90 Å². The van der Waals surface area contributed by atoms with Crippen LogP contribution in [0.25, 0.3) is 0 Å². The van der Waals surface area contributed by atoms with Crippen LogP contribution < -0.4 is 5.32 Å². The fourth-order valence-electron chi connectivity index (χ4n) is 4.17. The molecule has 2 saturated heterocycles. The van der Waals surface area contributed by atoms with E-state index in [2.05, 4.69) is 27.1 Å². The second kappa shape index (κ2) is 9.58. The maximum atomic E-state index is 13.2. The number of hydrogen-bond acceptors (Lipinski definition) is 4. The lowest BCUT2D eigenvalue weighted by molar-refractivity contribution is -0.137. The summed E-state index contributed by atoms with van der Waals surface area (Å²) in [6.45, 7) is 6.87. The van der Waals surface area contributed by atoms with E-state index in [1.54, 1.807) is 12.1 Å². The standard InChI is InChI=1S/C22H32FN5OS/c1-25-10-12-26(13-11-25)9-8-20-15-27(14-17-2-4-18(23)5-3-17)21(29)16-28(20)22(30)24-19-6-7-19/h2-5,19-20H,6-16H2,1H3,(H,24,30). The molecule has 6 nitrogen and oxygen atoms in total. The zero-order valence-electron chi connectivity index (χ0n) is 17.7. The van der Waals surface area contributed by atoms with Crippen molar-refractivity contribution in [2.45, 2.75) is 37.9 Å². The van der Waals surface area contributed by atoms with Crippen molar-refractivity contribution in [2.75, 3.05) is 52.9 Å². The second-order valence-corrected chi connectivity index (χ2v) is 9.23. The molecule has 4 rings (SSSR count). The normalized spacial score (nSPS) is 23.7. The summed E-state index contributed by atoms with van der Waals surface area (Å²) in [5, 5.41) is 4.13. The molecule has 164 valence electrons. The highest BCUT2D eigenvalue weighted by molar-refractivity contribution is 7.80. The molecule has 0 spiro atoms. The van der Waals surface area contributed by atoms with E-state index >= 15 is 0 Å². The van der Waals surface area contributed by atoms with Crippen molar-refractivity contribution < 1.29 is 9.18 Å². The van der Waals surface area contributed by atoms with Crippen LogP contribution in [-0.4, -0.2) is 95.6 Å². The molecule has 1 atom stereocenters. The van der Waals surface area contributed by atoms with Crippen molar-refractivity contribution in [3.8, 4) is 0 Å². The quantitative estimate of drug-likeness (QED) is 0.686. The van der Waals surface area contributed by atoms with Crippen LogP contribution in [0.2, 0.25) is 0 Å². The summed E-state index contributed by atoms with van der Waals surface area (Å²) in [5.74, 6) is -0.174. The smallest absolute Gasteiger partial charge is 0.242 e. The summed E-state index contributed by atoms with van der Waals surface area (Å²) in [6, 6.07) is 7.09. The number of carbonyl (C=O) groups excluding carboxylic acids is 1. The lowest BCUT2D eigenvalue weighted by Crippen LogP contribution is -2.60. The van der Waals surface area contributed by atoms with Gasteiger partial charge in [-0.25, -0.2) is 4.39 Å². The average molecular weight is 434 g/mol. The monoisotopic (exact) mass is 433 g/mol. The molecule has 1 aliphatic carbocycles. The van der Waals surface area contributed by atoms with Gasteiger partial charge in [0.1, 0.15) is 5.82 Å². The van der Waals surface area contributed by atoms with Crippen LogP contribution in [0.15, 0.2) is 24.3 Å². The number of rotatable bonds is 6. The first-order chi connectivity index (χ1) is 14.5. The molecule has 2 heterocycles. The van der Waals surface area contributed by atoms with Crippen LogP contribution in [0, 0.1) is 5.82 Å². The van der Waals surface area contributed by atoms with Gasteiger partial charge in [-0.05, 0) is 56.2 Å². The summed E-state index contributed by atoms with van der Waals surface area (Å²) in [6.07, 6.45) is 3.29. The first kappa shape index (κ1) is 21.5. The Labute approximate surface area is 184 Å². The highest BCUT2D eigenvalue weighted by atomic mass is 32.1. The topological polar surface area (TPSA) is 42.1 Å². The number of carbonyl (C=O) groups is 1. The van der Waals surface area contributed by atoms with Gasteiger partial charge in [0, 0.05) is 51.9 Å². The van der Waals surface area contributed by atoms with Crippen molar-refractivity contribution >= 4 is 23.2 Å². The van der Waals surface area contributed by atoms with E-state index < -0.39 is 0 Å². The minimum absolute atomic E-state index is 0.0788. The zero-order chi connectivity index (χ0) is 21.1. The Morgan fingerprint density at radius 1 is 1.17 bits per heavy atom. The number of halogens is 1. The number of piperazine rings is 2. The first-order valence-corrected chi connectivity index (χ1v) is 11.4. The van der Waals surface area contributed by atoms with Gasteiger partial charge in [0.05, 0.1) is 12.6 Å².